The molecule has 2 N–H and O–H groups in total. The molecule has 5 nitrogen and oxygen atoms in total. The molecular weight excluding hydrogens is 334 g/mol. The molecule has 1 aromatic heterocycles. The van der Waals surface area contributed by atoms with Gasteiger partial charge in [0.15, 0.2) is 5.96 Å². The molecule has 27 heavy (non-hydrogen) atoms. The number of benzene rings is 2. The number of nitrogens with one attached hydrogen (secondary N) is 2. The first kappa shape index (κ1) is 18.7. The van der Waals surface area contributed by atoms with Gasteiger partial charge in [0.1, 0.15) is 0 Å². The van der Waals surface area contributed by atoms with E-state index in [1.54, 1.807) is 6.20 Å². The molecule has 0 saturated heterocycles. The molecule has 3 aromatic rings. The van der Waals surface area contributed by atoms with Crippen LogP contribution in [-0.2, 0) is 13.1 Å². The summed E-state index contributed by atoms with van der Waals surface area (Å²) in [5.41, 5.74) is 3.68. The van der Waals surface area contributed by atoms with Crippen molar-refractivity contribution in [2.45, 2.75) is 33.0 Å². The minimum Gasteiger partial charge on any atom is -0.357 e. The Bertz CT molecular complexity index is 823. The Balaban J connectivity index is 1.60. The number of imidazole rings is 1. The standard InChI is InChI=1S/C22H27N5/c1-3-24-22(26-18(2)21-7-5-4-6-8-21)25-15-19-9-11-20(12-10-19)16-27-14-13-23-17-27/h4-14,17-18H,3,15-16H2,1-2H3,(H2,24,25,26). The van der Waals surface area contributed by atoms with E-state index in [-0.39, 0.29) is 6.04 Å². The first-order valence-electron chi connectivity index (χ1n) is 9.38. The van der Waals surface area contributed by atoms with Gasteiger partial charge in [-0.05, 0) is 30.5 Å². The summed E-state index contributed by atoms with van der Waals surface area (Å²) in [7, 11) is 0. The fourth-order valence-corrected chi connectivity index (χ4v) is 2.86. The summed E-state index contributed by atoms with van der Waals surface area (Å²) in [5, 5.41) is 6.80. The van der Waals surface area contributed by atoms with Crippen LogP contribution >= 0.6 is 0 Å². The summed E-state index contributed by atoms with van der Waals surface area (Å²) in [6, 6.07) is 19.2. The average molecular weight is 361 g/mol. The first-order valence-corrected chi connectivity index (χ1v) is 9.38. The fourth-order valence-electron chi connectivity index (χ4n) is 2.86. The number of guanidine groups is 1. The molecule has 0 bridgehead atoms. The van der Waals surface area contributed by atoms with Gasteiger partial charge in [-0.15, -0.1) is 0 Å². The van der Waals surface area contributed by atoms with E-state index in [0.717, 1.165) is 19.0 Å². The Morgan fingerprint density at radius 1 is 1.07 bits per heavy atom. The van der Waals surface area contributed by atoms with E-state index in [2.05, 4.69) is 82.6 Å². The average Bonchev–Trinajstić information content (AvgIpc) is 3.21. The van der Waals surface area contributed by atoms with Crippen LogP contribution in [0, 0.1) is 0 Å². The quantitative estimate of drug-likeness (QED) is 0.498. The molecular formula is C22H27N5. The second kappa shape index (κ2) is 9.57. The zero-order valence-electron chi connectivity index (χ0n) is 16.0. The van der Waals surface area contributed by atoms with Crippen LogP contribution in [-0.4, -0.2) is 22.1 Å². The predicted molar refractivity (Wildman–Crippen MR) is 111 cm³/mol. The smallest absolute Gasteiger partial charge is 0.192 e. The highest BCUT2D eigenvalue weighted by atomic mass is 15.2. The number of nitrogens with zero attached hydrogens (tertiary/aromatic N) is 3. The Kier molecular flexibility index (Phi) is 6.63. The Morgan fingerprint density at radius 2 is 1.81 bits per heavy atom. The van der Waals surface area contributed by atoms with Crippen LogP contribution in [0.4, 0.5) is 0 Å². The first-order chi connectivity index (χ1) is 13.2. The molecule has 0 amide bonds. The molecule has 0 fully saturated rings. The van der Waals surface area contributed by atoms with Crippen LogP contribution in [0.1, 0.15) is 36.6 Å². The second-order valence-electron chi connectivity index (χ2n) is 6.52. The third kappa shape index (κ3) is 5.71. The van der Waals surface area contributed by atoms with Crippen molar-refractivity contribution in [3.63, 3.8) is 0 Å². The molecule has 1 heterocycles. The van der Waals surface area contributed by atoms with Gasteiger partial charge in [0.05, 0.1) is 18.9 Å². The number of aliphatic imine (C=N–C) groups is 1. The van der Waals surface area contributed by atoms with E-state index in [1.807, 2.05) is 18.6 Å². The molecule has 1 unspecified atom stereocenters. The Labute approximate surface area is 161 Å². The zero-order chi connectivity index (χ0) is 18.9. The van der Waals surface area contributed by atoms with Gasteiger partial charge in [0, 0.05) is 25.5 Å². The number of hydrogen-bond acceptors (Lipinski definition) is 2. The van der Waals surface area contributed by atoms with Crippen molar-refractivity contribution >= 4 is 5.96 Å². The van der Waals surface area contributed by atoms with Crippen LogP contribution < -0.4 is 10.6 Å². The third-order valence-corrected chi connectivity index (χ3v) is 4.36. The van der Waals surface area contributed by atoms with Gasteiger partial charge < -0.3 is 15.2 Å². The summed E-state index contributed by atoms with van der Waals surface area (Å²) in [6.45, 7) is 6.53. The molecule has 5 heteroatoms. The lowest BCUT2D eigenvalue weighted by atomic mass is 10.1. The predicted octanol–water partition coefficient (Wildman–Crippen LogP) is 3.75. The number of aromatic nitrogens is 2. The molecule has 3 rings (SSSR count). The van der Waals surface area contributed by atoms with Crippen LogP contribution in [0.3, 0.4) is 0 Å². The van der Waals surface area contributed by atoms with Gasteiger partial charge in [-0.1, -0.05) is 54.6 Å². The maximum atomic E-state index is 4.73. The third-order valence-electron chi connectivity index (χ3n) is 4.36. The van der Waals surface area contributed by atoms with Gasteiger partial charge in [-0.2, -0.15) is 0 Å². The van der Waals surface area contributed by atoms with E-state index in [0.29, 0.717) is 6.54 Å². The highest BCUT2D eigenvalue weighted by molar-refractivity contribution is 5.80. The molecule has 0 aliphatic heterocycles. The summed E-state index contributed by atoms with van der Waals surface area (Å²) in [4.78, 5) is 8.81. The van der Waals surface area contributed by atoms with Crippen LogP contribution in [0.15, 0.2) is 78.3 Å². The molecule has 0 aliphatic rings. The van der Waals surface area contributed by atoms with Crippen molar-refractivity contribution in [3.8, 4) is 0 Å². The van der Waals surface area contributed by atoms with E-state index >= 15 is 0 Å². The SMILES string of the molecule is CCNC(=NCc1ccc(Cn2ccnc2)cc1)NC(C)c1ccccc1. The summed E-state index contributed by atoms with van der Waals surface area (Å²) in [6.07, 6.45) is 5.61. The fraction of sp³-hybridized carbons (Fsp3) is 0.273. The highest BCUT2D eigenvalue weighted by Crippen LogP contribution is 2.11. The maximum Gasteiger partial charge on any atom is 0.192 e. The van der Waals surface area contributed by atoms with Crippen molar-refractivity contribution in [2.24, 2.45) is 4.99 Å². The van der Waals surface area contributed by atoms with Crippen molar-refractivity contribution in [3.05, 3.63) is 90.0 Å². The Morgan fingerprint density at radius 3 is 2.48 bits per heavy atom. The lowest BCUT2D eigenvalue weighted by molar-refractivity contribution is 0.686. The number of rotatable bonds is 7. The van der Waals surface area contributed by atoms with Crippen LogP contribution in [0.25, 0.3) is 0 Å². The second-order valence-corrected chi connectivity index (χ2v) is 6.52. The molecule has 0 radical (unpaired) electrons. The molecule has 1 atom stereocenters. The van der Waals surface area contributed by atoms with Gasteiger partial charge in [0.2, 0.25) is 0 Å². The minimum atomic E-state index is 0.196. The monoisotopic (exact) mass is 361 g/mol. The summed E-state index contributed by atoms with van der Waals surface area (Å²) in [5.74, 6) is 0.830. The summed E-state index contributed by atoms with van der Waals surface area (Å²) >= 11 is 0. The number of hydrogen-bond donors (Lipinski definition) is 2. The maximum absolute atomic E-state index is 4.73. The zero-order valence-corrected chi connectivity index (χ0v) is 16.0. The lowest BCUT2D eigenvalue weighted by Crippen LogP contribution is -2.38. The largest absolute Gasteiger partial charge is 0.357 e. The van der Waals surface area contributed by atoms with Gasteiger partial charge in [0.25, 0.3) is 0 Å². The summed E-state index contributed by atoms with van der Waals surface area (Å²) < 4.78 is 2.06. The van der Waals surface area contributed by atoms with Gasteiger partial charge in [-0.25, -0.2) is 9.98 Å². The van der Waals surface area contributed by atoms with Crippen molar-refractivity contribution in [2.75, 3.05) is 6.54 Å². The van der Waals surface area contributed by atoms with Gasteiger partial charge in [-0.3, -0.25) is 0 Å². The van der Waals surface area contributed by atoms with E-state index in [1.165, 1.54) is 16.7 Å². The van der Waals surface area contributed by atoms with E-state index in [9.17, 15) is 0 Å². The van der Waals surface area contributed by atoms with Gasteiger partial charge >= 0.3 is 0 Å². The molecule has 140 valence electrons. The minimum absolute atomic E-state index is 0.196. The molecule has 0 saturated carbocycles. The lowest BCUT2D eigenvalue weighted by Gasteiger charge is -2.18. The van der Waals surface area contributed by atoms with Crippen molar-refractivity contribution < 1.29 is 0 Å². The molecule has 0 aliphatic carbocycles. The normalized spacial score (nSPS) is 12.6. The van der Waals surface area contributed by atoms with Crippen molar-refractivity contribution in [1.29, 1.82) is 0 Å². The topological polar surface area (TPSA) is 54.2 Å². The van der Waals surface area contributed by atoms with E-state index < -0.39 is 0 Å². The highest BCUT2D eigenvalue weighted by Gasteiger charge is 2.07. The molecule has 0 spiro atoms. The van der Waals surface area contributed by atoms with Crippen LogP contribution in [0.2, 0.25) is 0 Å². The molecule has 2 aromatic carbocycles. The van der Waals surface area contributed by atoms with Crippen molar-refractivity contribution in [1.82, 2.24) is 20.2 Å². The van der Waals surface area contributed by atoms with E-state index in [4.69, 9.17) is 4.99 Å². The Hall–Kier alpha value is -3.08. The van der Waals surface area contributed by atoms with Crippen LogP contribution in [0.5, 0.6) is 0 Å².